The van der Waals surface area contributed by atoms with Crippen LogP contribution in [-0.2, 0) is 0 Å². The molecular formula is C24H27FN4O2. The number of benzene rings is 1. The Morgan fingerprint density at radius 3 is 2.16 bits per heavy atom. The monoisotopic (exact) mass is 422 g/mol. The number of ether oxygens (including phenoxy) is 2. The first-order valence-corrected chi connectivity index (χ1v) is 10.6. The van der Waals surface area contributed by atoms with Gasteiger partial charge >= 0.3 is 0 Å². The molecule has 162 valence electrons. The predicted molar refractivity (Wildman–Crippen MR) is 120 cm³/mol. The zero-order valence-electron chi connectivity index (χ0n) is 17.5. The van der Waals surface area contributed by atoms with Gasteiger partial charge in [0.25, 0.3) is 0 Å². The van der Waals surface area contributed by atoms with E-state index in [4.69, 9.17) is 9.47 Å². The highest BCUT2D eigenvalue weighted by atomic mass is 19.1. The van der Waals surface area contributed by atoms with Crippen LogP contribution >= 0.6 is 0 Å². The molecule has 0 aliphatic carbocycles. The molecule has 4 rings (SSSR count). The zero-order chi connectivity index (χ0) is 21.3. The van der Waals surface area contributed by atoms with Gasteiger partial charge in [0.15, 0.2) is 0 Å². The van der Waals surface area contributed by atoms with Crippen molar-refractivity contribution in [3.8, 4) is 22.8 Å². The number of hydrogen-bond donors (Lipinski definition) is 0. The Labute approximate surface area is 182 Å². The van der Waals surface area contributed by atoms with Gasteiger partial charge in [0, 0.05) is 50.7 Å². The van der Waals surface area contributed by atoms with E-state index in [-0.39, 0.29) is 6.61 Å². The van der Waals surface area contributed by atoms with Crippen molar-refractivity contribution in [1.29, 1.82) is 0 Å². The van der Waals surface area contributed by atoms with Crippen molar-refractivity contribution in [3.63, 3.8) is 0 Å². The molecule has 0 amide bonds. The summed E-state index contributed by atoms with van der Waals surface area (Å²) in [7, 11) is 0. The number of rotatable bonds is 9. The first-order valence-electron chi connectivity index (χ1n) is 10.6. The Balaban J connectivity index is 1.25. The molecule has 0 N–H and O–H groups in total. The molecule has 1 aromatic carbocycles. The van der Waals surface area contributed by atoms with Crippen LogP contribution in [0, 0.1) is 0 Å². The Morgan fingerprint density at radius 1 is 0.774 bits per heavy atom. The van der Waals surface area contributed by atoms with Crippen LogP contribution in [0.3, 0.4) is 0 Å². The molecular weight excluding hydrogens is 395 g/mol. The van der Waals surface area contributed by atoms with Crippen molar-refractivity contribution in [2.75, 3.05) is 57.5 Å². The van der Waals surface area contributed by atoms with Crippen LogP contribution in [0.1, 0.15) is 0 Å². The fraction of sp³-hybridized carbons (Fsp3) is 0.333. The maximum atomic E-state index is 12.2. The summed E-state index contributed by atoms with van der Waals surface area (Å²) in [6.45, 7) is 4.81. The van der Waals surface area contributed by atoms with Crippen LogP contribution in [0.25, 0.3) is 11.3 Å². The topological polar surface area (TPSA) is 50.7 Å². The number of anilines is 1. The number of aromatic nitrogens is 2. The highest BCUT2D eigenvalue weighted by Crippen LogP contribution is 2.27. The average molecular weight is 423 g/mol. The van der Waals surface area contributed by atoms with E-state index < -0.39 is 6.67 Å². The third-order valence-electron chi connectivity index (χ3n) is 5.25. The van der Waals surface area contributed by atoms with Crippen molar-refractivity contribution >= 4 is 5.82 Å². The zero-order valence-corrected chi connectivity index (χ0v) is 17.5. The lowest BCUT2D eigenvalue weighted by molar-refractivity contribution is 0.200. The quantitative estimate of drug-likeness (QED) is 0.524. The Morgan fingerprint density at radius 2 is 1.48 bits per heavy atom. The Bertz CT molecular complexity index is 932. The summed E-state index contributed by atoms with van der Waals surface area (Å²) in [4.78, 5) is 13.9. The van der Waals surface area contributed by atoms with Crippen molar-refractivity contribution in [1.82, 2.24) is 14.9 Å². The number of nitrogens with zero attached hydrogens (tertiary/aromatic N) is 4. The molecule has 1 aliphatic rings. The molecule has 3 heterocycles. The van der Waals surface area contributed by atoms with Crippen molar-refractivity contribution in [2.45, 2.75) is 0 Å². The van der Waals surface area contributed by atoms with E-state index in [0.29, 0.717) is 12.4 Å². The predicted octanol–water partition coefficient (Wildman–Crippen LogP) is 3.69. The maximum absolute atomic E-state index is 12.2. The van der Waals surface area contributed by atoms with E-state index in [1.54, 1.807) is 12.1 Å². The summed E-state index contributed by atoms with van der Waals surface area (Å²) >= 11 is 0. The molecule has 1 fully saturated rings. The van der Waals surface area contributed by atoms with E-state index in [9.17, 15) is 4.39 Å². The molecule has 1 saturated heterocycles. The minimum absolute atomic E-state index is 0.0774. The van der Waals surface area contributed by atoms with Crippen molar-refractivity contribution < 1.29 is 13.9 Å². The number of alkyl halides is 1. The molecule has 0 bridgehead atoms. The van der Waals surface area contributed by atoms with Gasteiger partial charge in [-0.05, 0) is 48.5 Å². The van der Waals surface area contributed by atoms with Gasteiger partial charge in [-0.2, -0.15) is 0 Å². The number of hydrogen-bond acceptors (Lipinski definition) is 6. The number of piperazine rings is 1. The average Bonchev–Trinajstić information content (AvgIpc) is 2.84. The van der Waals surface area contributed by atoms with Gasteiger partial charge < -0.3 is 14.4 Å². The van der Waals surface area contributed by atoms with E-state index in [1.165, 1.54) is 0 Å². The van der Waals surface area contributed by atoms with Gasteiger partial charge in [0.05, 0.1) is 5.69 Å². The van der Waals surface area contributed by atoms with Crippen LogP contribution in [-0.4, -0.2) is 67.5 Å². The lowest BCUT2D eigenvalue weighted by Crippen LogP contribution is -2.48. The fourth-order valence-corrected chi connectivity index (χ4v) is 3.64. The summed E-state index contributed by atoms with van der Waals surface area (Å²) in [6, 6.07) is 17.3. The van der Waals surface area contributed by atoms with Crippen LogP contribution in [0.2, 0.25) is 0 Å². The summed E-state index contributed by atoms with van der Waals surface area (Å²) in [5, 5.41) is 0. The maximum Gasteiger partial charge on any atom is 0.138 e. The molecule has 0 atom stereocenters. The highest BCUT2D eigenvalue weighted by Gasteiger charge is 2.20. The minimum Gasteiger partial charge on any atom is -0.492 e. The smallest absolute Gasteiger partial charge is 0.138 e. The third kappa shape index (κ3) is 5.70. The summed E-state index contributed by atoms with van der Waals surface area (Å²) in [6.07, 6.45) is 3.66. The molecule has 3 aromatic rings. The molecule has 6 nitrogen and oxygen atoms in total. The van der Waals surface area contributed by atoms with E-state index in [2.05, 4.69) is 25.8 Å². The van der Waals surface area contributed by atoms with E-state index >= 15 is 0 Å². The first-order chi connectivity index (χ1) is 15.3. The number of halogens is 1. The fourth-order valence-electron chi connectivity index (χ4n) is 3.64. The van der Waals surface area contributed by atoms with Crippen molar-refractivity contribution in [3.05, 3.63) is 67.0 Å². The van der Waals surface area contributed by atoms with Crippen molar-refractivity contribution in [2.24, 2.45) is 0 Å². The number of pyridine rings is 2. The minimum atomic E-state index is -0.490. The Hall–Kier alpha value is -3.19. The standard InChI is InChI=1S/C24H27FN4O2/c25-10-18-30-20-6-8-21(9-7-20)31-19-17-28-13-15-29(16-14-28)24-22(4-3-12-27-24)23-5-1-2-11-26-23/h1-9,11-12H,10,13-19H2. The highest BCUT2D eigenvalue weighted by molar-refractivity contribution is 5.73. The van der Waals surface area contributed by atoms with Gasteiger partial charge in [-0.1, -0.05) is 6.07 Å². The summed E-state index contributed by atoms with van der Waals surface area (Å²) in [5.41, 5.74) is 2.02. The molecule has 2 aromatic heterocycles. The van der Waals surface area contributed by atoms with Crippen LogP contribution in [0.4, 0.5) is 10.2 Å². The molecule has 0 saturated carbocycles. The molecule has 0 spiro atoms. The summed E-state index contributed by atoms with van der Waals surface area (Å²) in [5.74, 6) is 2.44. The Kier molecular flexibility index (Phi) is 7.28. The van der Waals surface area contributed by atoms with Gasteiger partial charge in [-0.25, -0.2) is 9.37 Å². The molecule has 31 heavy (non-hydrogen) atoms. The normalized spacial score (nSPS) is 14.4. The van der Waals surface area contributed by atoms with Gasteiger partial charge in [-0.3, -0.25) is 9.88 Å². The first kappa shape index (κ1) is 21.1. The van der Waals surface area contributed by atoms with E-state index in [0.717, 1.165) is 55.5 Å². The van der Waals surface area contributed by atoms with Gasteiger partial charge in [-0.15, -0.1) is 0 Å². The third-order valence-corrected chi connectivity index (χ3v) is 5.25. The second kappa shape index (κ2) is 10.7. The van der Waals surface area contributed by atoms with Crippen LogP contribution in [0.15, 0.2) is 67.0 Å². The van der Waals surface area contributed by atoms with E-state index in [1.807, 2.05) is 48.8 Å². The molecule has 1 aliphatic heterocycles. The molecule has 0 unspecified atom stereocenters. The largest absolute Gasteiger partial charge is 0.492 e. The molecule has 0 radical (unpaired) electrons. The lowest BCUT2D eigenvalue weighted by Gasteiger charge is -2.36. The second-order valence-corrected chi connectivity index (χ2v) is 7.28. The van der Waals surface area contributed by atoms with Gasteiger partial charge in [0.2, 0.25) is 0 Å². The van der Waals surface area contributed by atoms with Gasteiger partial charge in [0.1, 0.15) is 37.2 Å². The molecule has 7 heteroatoms. The van der Waals surface area contributed by atoms with Crippen LogP contribution in [0.5, 0.6) is 11.5 Å². The second-order valence-electron chi connectivity index (χ2n) is 7.28. The summed E-state index contributed by atoms with van der Waals surface area (Å²) < 4.78 is 23.2. The lowest BCUT2D eigenvalue weighted by atomic mass is 10.1. The SMILES string of the molecule is FCCOc1ccc(OCCN2CCN(c3ncccc3-c3ccccn3)CC2)cc1. The van der Waals surface area contributed by atoms with Crippen LogP contribution < -0.4 is 14.4 Å².